The third kappa shape index (κ3) is 14.9. The Labute approximate surface area is 247 Å². The number of unbranched alkanes of at least 4 members (excludes halogenated alkanes) is 14. The van der Waals surface area contributed by atoms with Crippen molar-refractivity contribution in [2.24, 2.45) is 0 Å². The van der Waals surface area contributed by atoms with Crippen LogP contribution in [-0.4, -0.2) is 31.8 Å². The molecule has 0 unspecified atom stereocenters. The summed E-state index contributed by atoms with van der Waals surface area (Å²) in [6.07, 6.45) is 18.5. The summed E-state index contributed by atoms with van der Waals surface area (Å²) in [6.45, 7) is 13.7. The highest BCUT2D eigenvalue weighted by Crippen LogP contribution is 2.32. The number of carbonyl (C=O) groups is 1. The second-order valence-electron chi connectivity index (χ2n) is 12.0. The van der Waals surface area contributed by atoms with Crippen molar-refractivity contribution in [1.82, 2.24) is 9.03 Å². The van der Waals surface area contributed by atoms with Crippen LogP contribution in [0.15, 0.2) is 18.2 Å². The van der Waals surface area contributed by atoms with Gasteiger partial charge in [-0.25, -0.2) is 9.52 Å². The van der Waals surface area contributed by atoms with Crippen molar-refractivity contribution >= 4 is 21.9 Å². The third-order valence-electron chi connectivity index (χ3n) is 7.70. The number of hydrogen-bond acceptors (Lipinski definition) is 3. The highest BCUT2D eigenvalue weighted by molar-refractivity contribution is 7.87. The first-order chi connectivity index (χ1) is 19.1. The fourth-order valence-electron chi connectivity index (χ4n) is 5.21. The Bertz CT molecular complexity index is 869. The van der Waals surface area contributed by atoms with E-state index in [2.05, 4.69) is 51.6 Å². The molecule has 232 valence electrons. The largest absolute Gasteiger partial charge is 0.333 e. The normalized spacial score (nSPS) is 12.0. The topological polar surface area (TPSA) is 78.5 Å². The number of benzene rings is 1. The first-order valence-corrected chi connectivity index (χ1v) is 17.8. The van der Waals surface area contributed by atoms with Gasteiger partial charge in [0.1, 0.15) is 0 Å². The average Bonchev–Trinajstić information content (AvgIpc) is 2.89. The van der Waals surface area contributed by atoms with Crippen molar-refractivity contribution in [1.29, 1.82) is 0 Å². The number of amides is 2. The molecule has 0 heterocycles. The summed E-state index contributed by atoms with van der Waals surface area (Å²) in [5.74, 6) is 0.400. The standard InChI is InChI=1S/C33H61N3O3S/c1-7-9-11-13-15-17-19-21-26-36(27-22-20-18-16-14-12-10-8-2)40(38,39)35-33(37)34-32-30(28(3)4)24-23-25-31(32)29(5)6/h23-25,28-29H,7-22,26-27H2,1-6H3,(H2,34,35,37). The maximum absolute atomic E-state index is 13.4. The zero-order valence-corrected chi connectivity index (χ0v) is 27.5. The third-order valence-corrected chi connectivity index (χ3v) is 9.18. The van der Waals surface area contributed by atoms with Gasteiger partial charge in [0, 0.05) is 18.8 Å². The van der Waals surface area contributed by atoms with Crippen molar-refractivity contribution < 1.29 is 13.2 Å². The molecule has 0 saturated heterocycles. The summed E-state index contributed by atoms with van der Waals surface area (Å²) in [5.41, 5.74) is 2.74. The molecular formula is C33H61N3O3S. The molecule has 0 saturated carbocycles. The lowest BCUT2D eigenvalue weighted by molar-refractivity contribution is 0.255. The lowest BCUT2D eigenvalue weighted by Crippen LogP contribution is -2.46. The Balaban J connectivity index is 2.79. The Morgan fingerprint density at radius 2 is 1.05 bits per heavy atom. The average molecular weight is 580 g/mol. The Kier molecular flexibility index (Phi) is 19.3. The summed E-state index contributed by atoms with van der Waals surface area (Å²) in [5, 5.41) is 2.90. The molecule has 1 aromatic carbocycles. The van der Waals surface area contributed by atoms with Crippen molar-refractivity contribution in [2.75, 3.05) is 18.4 Å². The number of carbonyl (C=O) groups excluding carboxylic acids is 1. The predicted octanol–water partition coefficient (Wildman–Crippen LogP) is 9.88. The molecule has 0 bridgehead atoms. The highest BCUT2D eigenvalue weighted by atomic mass is 32.2. The Morgan fingerprint density at radius 3 is 1.43 bits per heavy atom. The van der Waals surface area contributed by atoms with Gasteiger partial charge in [0.25, 0.3) is 0 Å². The van der Waals surface area contributed by atoms with E-state index in [9.17, 15) is 13.2 Å². The van der Waals surface area contributed by atoms with Crippen LogP contribution in [0.1, 0.15) is 167 Å². The van der Waals surface area contributed by atoms with Gasteiger partial charge in [-0.05, 0) is 35.8 Å². The maximum Gasteiger partial charge on any atom is 0.333 e. The van der Waals surface area contributed by atoms with Crippen LogP contribution in [0.25, 0.3) is 0 Å². The second kappa shape index (κ2) is 21.2. The van der Waals surface area contributed by atoms with Gasteiger partial charge < -0.3 is 5.32 Å². The van der Waals surface area contributed by atoms with E-state index in [1.807, 2.05) is 18.2 Å². The molecule has 0 radical (unpaired) electrons. The molecule has 0 aliphatic heterocycles. The summed E-state index contributed by atoms with van der Waals surface area (Å²) in [6, 6.07) is 5.31. The molecule has 0 spiro atoms. The van der Waals surface area contributed by atoms with Gasteiger partial charge in [0.15, 0.2) is 0 Å². The van der Waals surface area contributed by atoms with E-state index in [1.165, 1.54) is 68.5 Å². The Hall–Kier alpha value is -1.60. The van der Waals surface area contributed by atoms with Crippen molar-refractivity contribution in [3.8, 4) is 0 Å². The van der Waals surface area contributed by atoms with Gasteiger partial charge in [-0.2, -0.15) is 12.7 Å². The van der Waals surface area contributed by atoms with Gasteiger partial charge >= 0.3 is 16.2 Å². The van der Waals surface area contributed by atoms with Crippen molar-refractivity contribution in [3.63, 3.8) is 0 Å². The van der Waals surface area contributed by atoms with E-state index in [4.69, 9.17) is 0 Å². The molecule has 1 rings (SSSR count). The van der Waals surface area contributed by atoms with E-state index in [-0.39, 0.29) is 11.8 Å². The van der Waals surface area contributed by atoms with E-state index in [0.717, 1.165) is 55.3 Å². The fraction of sp³-hybridized carbons (Fsp3) is 0.788. The molecule has 2 N–H and O–H groups in total. The van der Waals surface area contributed by atoms with Gasteiger partial charge in [-0.15, -0.1) is 0 Å². The van der Waals surface area contributed by atoms with Crippen LogP contribution in [0.4, 0.5) is 10.5 Å². The number of nitrogens with one attached hydrogen (secondary N) is 2. The predicted molar refractivity (Wildman–Crippen MR) is 172 cm³/mol. The van der Waals surface area contributed by atoms with Crippen LogP contribution < -0.4 is 10.0 Å². The van der Waals surface area contributed by atoms with Crippen LogP contribution in [-0.2, 0) is 10.2 Å². The van der Waals surface area contributed by atoms with Crippen LogP contribution in [0.5, 0.6) is 0 Å². The minimum atomic E-state index is -3.95. The summed E-state index contributed by atoms with van der Waals surface area (Å²) in [4.78, 5) is 13.1. The highest BCUT2D eigenvalue weighted by Gasteiger charge is 2.25. The minimum Gasteiger partial charge on any atom is -0.307 e. The zero-order chi connectivity index (χ0) is 29.8. The summed E-state index contributed by atoms with van der Waals surface area (Å²) < 4.78 is 30.6. The molecule has 1 aromatic rings. The molecule has 0 aliphatic rings. The molecule has 2 amide bonds. The summed E-state index contributed by atoms with van der Waals surface area (Å²) >= 11 is 0. The molecule has 0 fully saturated rings. The molecule has 40 heavy (non-hydrogen) atoms. The number of nitrogens with zero attached hydrogens (tertiary/aromatic N) is 1. The number of hydrogen-bond donors (Lipinski definition) is 2. The number of rotatable bonds is 23. The van der Waals surface area contributed by atoms with Gasteiger partial charge in [0.05, 0.1) is 0 Å². The van der Waals surface area contributed by atoms with Crippen LogP contribution in [0.2, 0.25) is 0 Å². The van der Waals surface area contributed by atoms with Gasteiger partial charge in [-0.1, -0.05) is 150 Å². The van der Waals surface area contributed by atoms with Crippen molar-refractivity contribution in [3.05, 3.63) is 29.3 Å². The first-order valence-electron chi connectivity index (χ1n) is 16.4. The molecule has 0 aromatic heterocycles. The van der Waals surface area contributed by atoms with Gasteiger partial charge in [0.2, 0.25) is 0 Å². The van der Waals surface area contributed by atoms with Gasteiger partial charge in [-0.3, -0.25) is 0 Å². The SMILES string of the molecule is CCCCCCCCCCN(CCCCCCCCCC)S(=O)(=O)NC(=O)Nc1c(C(C)C)cccc1C(C)C. The molecule has 0 aliphatic carbocycles. The van der Waals surface area contributed by atoms with Crippen LogP contribution >= 0.6 is 0 Å². The molecular weight excluding hydrogens is 518 g/mol. The lowest BCUT2D eigenvalue weighted by Gasteiger charge is -2.24. The number of para-hydroxylation sites is 1. The smallest absolute Gasteiger partial charge is 0.307 e. The number of urea groups is 1. The maximum atomic E-state index is 13.4. The Morgan fingerprint density at radius 1 is 0.675 bits per heavy atom. The van der Waals surface area contributed by atoms with Crippen LogP contribution in [0.3, 0.4) is 0 Å². The minimum absolute atomic E-state index is 0.200. The summed E-state index contributed by atoms with van der Waals surface area (Å²) in [7, 11) is -3.95. The monoisotopic (exact) mass is 579 g/mol. The van der Waals surface area contributed by atoms with E-state index >= 15 is 0 Å². The molecule has 0 atom stereocenters. The van der Waals surface area contributed by atoms with Crippen molar-refractivity contribution in [2.45, 2.75) is 156 Å². The molecule has 7 heteroatoms. The second-order valence-corrected chi connectivity index (χ2v) is 13.7. The van der Waals surface area contributed by atoms with E-state index in [1.54, 1.807) is 0 Å². The van der Waals surface area contributed by atoms with Crippen LogP contribution in [0, 0.1) is 0 Å². The lowest BCUT2D eigenvalue weighted by atomic mass is 9.93. The van der Waals surface area contributed by atoms with E-state index < -0.39 is 16.2 Å². The fourth-order valence-corrected chi connectivity index (χ4v) is 6.37. The number of anilines is 1. The van der Waals surface area contributed by atoms with E-state index in [0.29, 0.717) is 13.1 Å². The first kappa shape index (κ1) is 36.4. The molecule has 6 nitrogen and oxygen atoms in total. The zero-order valence-electron chi connectivity index (χ0n) is 26.7. The quantitative estimate of drug-likeness (QED) is 0.127.